The van der Waals surface area contributed by atoms with Crippen molar-refractivity contribution in [3.63, 3.8) is 0 Å². The van der Waals surface area contributed by atoms with Gasteiger partial charge in [-0.3, -0.25) is 0 Å². The molecule has 0 saturated heterocycles. The molecule has 1 aliphatic heterocycles. The highest BCUT2D eigenvalue weighted by Gasteiger charge is 2.45. The Morgan fingerprint density at radius 1 is 1.22 bits per heavy atom. The van der Waals surface area contributed by atoms with Crippen LogP contribution in [-0.2, 0) is 9.53 Å². The normalized spacial score (nSPS) is 19.3. The van der Waals surface area contributed by atoms with Gasteiger partial charge in [-0.15, -0.1) is 11.3 Å². The Kier molecular flexibility index (Phi) is 3.20. The minimum atomic E-state index is -0.887. The molecule has 6 heteroatoms. The van der Waals surface area contributed by atoms with Crippen LogP contribution in [0.2, 0.25) is 0 Å². The first-order chi connectivity index (χ1) is 11.2. The van der Waals surface area contributed by atoms with Gasteiger partial charge >= 0.3 is 11.6 Å². The largest absolute Gasteiger partial charge is 0.476 e. The molecule has 4 rings (SSSR count). The molecule has 0 bridgehead atoms. The maximum absolute atomic E-state index is 12.5. The van der Waals surface area contributed by atoms with E-state index in [0.717, 1.165) is 4.88 Å². The molecule has 5 nitrogen and oxygen atoms in total. The summed E-state index contributed by atoms with van der Waals surface area (Å²) in [6.07, 6.45) is -0.887. The van der Waals surface area contributed by atoms with Crippen LogP contribution >= 0.6 is 11.3 Å². The Hall–Kier alpha value is -2.60. The number of carbonyl (C=O) groups is 1. The Morgan fingerprint density at radius 3 is 2.78 bits per heavy atom. The van der Waals surface area contributed by atoms with Crippen molar-refractivity contribution in [3.05, 3.63) is 62.6 Å². The quantitative estimate of drug-likeness (QED) is 0.534. The maximum Gasteiger partial charge on any atom is 0.348 e. The summed E-state index contributed by atoms with van der Waals surface area (Å²) in [5, 5.41) is 2.57. The zero-order valence-electron chi connectivity index (χ0n) is 12.1. The molecule has 0 spiro atoms. The lowest BCUT2D eigenvalue weighted by Crippen LogP contribution is -2.31. The van der Waals surface area contributed by atoms with E-state index >= 15 is 0 Å². The van der Waals surface area contributed by atoms with E-state index < -0.39 is 23.6 Å². The van der Waals surface area contributed by atoms with Gasteiger partial charge in [0, 0.05) is 4.88 Å². The number of para-hydroxylation sites is 1. The first-order valence-corrected chi connectivity index (χ1v) is 7.92. The topological polar surface area (TPSA) is 65.7 Å². The molecule has 0 saturated carbocycles. The number of esters is 1. The van der Waals surface area contributed by atoms with Gasteiger partial charge in [0.2, 0.25) is 6.10 Å². The number of fused-ring (bicyclic) bond motifs is 3. The van der Waals surface area contributed by atoms with Crippen molar-refractivity contribution in [1.82, 2.24) is 0 Å². The Balaban J connectivity index is 2.00. The van der Waals surface area contributed by atoms with Crippen LogP contribution in [-0.4, -0.2) is 19.2 Å². The van der Waals surface area contributed by atoms with Crippen LogP contribution in [0.5, 0.6) is 5.75 Å². The molecule has 0 aliphatic carbocycles. The number of ether oxygens (including phenoxy) is 2. The van der Waals surface area contributed by atoms with E-state index in [1.807, 2.05) is 29.6 Å². The van der Waals surface area contributed by atoms with Gasteiger partial charge < -0.3 is 13.9 Å². The summed E-state index contributed by atoms with van der Waals surface area (Å²) in [5.41, 5.74) is 0.330. The molecule has 3 aromatic rings. The van der Waals surface area contributed by atoms with Crippen molar-refractivity contribution in [3.8, 4) is 5.75 Å². The van der Waals surface area contributed by atoms with Gasteiger partial charge in [-0.05, 0) is 23.6 Å². The maximum atomic E-state index is 12.5. The van der Waals surface area contributed by atoms with Gasteiger partial charge in [0.05, 0.1) is 24.0 Å². The Bertz CT molecular complexity index is 941. The molecule has 0 amide bonds. The van der Waals surface area contributed by atoms with E-state index in [4.69, 9.17) is 13.9 Å². The number of hydrogen-bond acceptors (Lipinski definition) is 6. The third-order valence-corrected chi connectivity index (χ3v) is 4.90. The second kappa shape index (κ2) is 5.24. The smallest absolute Gasteiger partial charge is 0.348 e. The van der Waals surface area contributed by atoms with Crippen molar-refractivity contribution < 1.29 is 18.7 Å². The van der Waals surface area contributed by atoms with Crippen molar-refractivity contribution in [1.29, 1.82) is 0 Å². The van der Waals surface area contributed by atoms with Crippen molar-refractivity contribution in [2.24, 2.45) is 0 Å². The average molecular weight is 328 g/mol. The summed E-state index contributed by atoms with van der Waals surface area (Å²) in [6, 6.07) is 10.9. The van der Waals surface area contributed by atoms with E-state index in [1.54, 1.807) is 12.1 Å². The van der Waals surface area contributed by atoms with Gasteiger partial charge in [-0.2, -0.15) is 0 Å². The predicted octanol–water partition coefficient (Wildman–Crippen LogP) is 2.92. The van der Waals surface area contributed by atoms with Crippen molar-refractivity contribution in [2.45, 2.75) is 12.0 Å². The molecular weight excluding hydrogens is 316 g/mol. The van der Waals surface area contributed by atoms with Gasteiger partial charge in [0.15, 0.2) is 0 Å². The van der Waals surface area contributed by atoms with Crippen LogP contribution in [0.4, 0.5) is 0 Å². The van der Waals surface area contributed by atoms with E-state index in [1.165, 1.54) is 18.4 Å². The lowest BCUT2D eigenvalue weighted by atomic mass is 9.94. The van der Waals surface area contributed by atoms with Gasteiger partial charge in [-0.25, -0.2) is 9.59 Å². The van der Waals surface area contributed by atoms with Crippen LogP contribution in [0.1, 0.15) is 16.4 Å². The SMILES string of the molecule is COC(=O)[C@H]1Oc2c(c(=O)oc3ccccc23)[C@@H]1c1cccs1. The summed E-state index contributed by atoms with van der Waals surface area (Å²) in [4.78, 5) is 25.5. The summed E-state index contributed by atoms with van der Waals surface area (Å²) in [6.45, 7) is 0. The fourth-order valence-corrected chi connectivity index (χ4v) is 3.80. The molecule has 0 radical (unpaired) electrons. The monoisotopic (exact) mass is 328 g/mol. The van der Waals surface area contributed by atoms with Crippen LogP contribution in [0.25, 0.3) is 11.0 Å². The number of rotatable bonds is 2. The van der Waals surface area contributed by atoms with Crippen molar-refractivity contribution in [2.75, 3.05) is 7.11 Å². The minimum Gasteiger partial charge on any atom is -0.476 e. The fraction of sp³-hybridized carbons (Fsp3) is 0.176. The van der Waals surface area contributed by atoms with Crippen LogP contribution in [0, 0.1) is 0 Å². The number of methoxy groups -OCH3 is 1. The molecule has 0 N–H and O–H groups in total. The summed E-state index contributed by atoms with van der Waals surface area (Å²) in [5.74, 6) is -0.618. The first-order valence-electron chi connectivity index (χ1n) is 7.04. The second-order valence-corrected chi connectivity index (χ2v) is 6.16. The number of benzene rings is 1. The summed E-state index contributed by atoms with van der Waals surface area (Å²) in [7, 11) is 1.31. The molecule has 2 aromatic heterocycles. The summed E-state index contributed by atoms with van der Waals surface area (Å²) < 4.78 is 16.1. The fourth-order valence-electron chi connectivity index (χ4n) is 2.94. The molecule has 1 aliphatic rings. The Labute approximate surface area is 135 Å². The lowest BCUT2D eigenvalue weighted by Gasteiger charge is -2.14. The molecule has 0 fully saturated rings. The molecule has 2 atom stereocenters. The average Bonchev–Trinajstić information content (AvgIpc) is 3.21. The van der Waals surface area contributed by atoms with Crippen molar-refractivity contribution >= 4 is 28.3 Å². The Morgan fingerprint density at radius 2 is 2.04 bits per heavy atom. The van der Waals surface area contributed by atoms with E-state index in [-0.39, 0.29) is 0 Å². The molecular formula is C17H12O5S. The van der Waals surface area contributed by atoms with E-state index in [0.29, 0.717) is 22.3 Å². The van der Waals surface area contributed by atoms with Crippen LogP contribution in [0.15, 0.2) is 51.0 Å². The molecule has 116 valence electrons. The molecule has 0 unspecified atom stereocenters. The predicted molar refractivity (Wildman–Crippen MR) is 85.1 cm³/mol. The molecule has 3 heterocycles. The van der Waals surface area contributed by atoms with E-state index in [2.05, 4.69) is 0 Å². The summed E-state index contributed by atoms with van der Waals surface area (Å²) >= 11 is 1.46. The number of thiophene rings is 1. The molecule has 23 heavy (non-hydrogen) atoms. The standard InChI is InChI=1S/C17H12O5S/c1-20-17(19)15-12(11-7-4-8-23-11)13-14(22-15)9-5-2-3-6-10(9)21-16(13)18/h2-8,12,15H,1H3/t12-,15-/m0/s1. The zero-order chi connectivity index (χ0) is 16.0. The minimum absolute atomic E-state index is 0.376. The highest BCUT2D eigenvalue weighted by atomic mass is 32.1. The molecule has 1 aromatic carbocycles. The third kappa shape index (κ3) is 2.06. The van der Waals surface area contributed by atoms with Crippen LogP contribution < -0.4 is 10.4 Å². The lowest BCUT2D eigenvalue weighted by molar-refractivity contribution is -0.148. The zero-order valence-corrected chi connectivity index (χ0v) is 13.0. The third-order valence-electron chi connectivity index (χ3n) is 3.94. The second-order valence-electron chi connectivity index (χ2n) is 5.18. The number of carbonyl (C=O) groups excluding carboxylic acids is 1. The van der Waals surface area contributed by atoms with Gasteiger partial charge in [-0.1, -0.05) is 18.2 Å². The highest BCUT2D eigenvalue weighted by molar-refractivity contribution is 7.10. The number of hydrogen-bond donors (Lipinski definition) is 0. The van der Waals surface area contributed by atoms with Gasteiger partial charge in [0.25, 0.3) is 0 Å². The van der Waals surface area contributed by atoms with Gasteiger partial charge in [0.1, 0.15) is 11.3 Å². The highest BCUT2D eigenvalue weighted by Crippen LogP contribution is 2.45. The van der Waals surface area contributed by atoms with E-state index in [9.17, 15) is 9.59 Å². The first kappa shape index (κ1) is 14.0. The van der Waals surface area contributed by atoms with Crippen LogP contribution in [0.3, 0.4) is 0 Å².